The van der Waals surface area contributed by atoms with Crippen LogP contribution in [-0.4, -0.2) is 47.9 Å². The first-order chi connectivity index (χ1) is 11.0. The molecule has 1 aliphatic heterocycles. The molecule has 0 unspecified atom stereocenters. The van der Waals surface area contributed by atoms with E-state index in [1.807, 2.05) is 0 Å². The molecule has 0 atom stereocenters. The number of carbonyl (C=O) groups is 2. The summed E-state index contributed by atoms with van der Waals surface area (Å²) in [7, 11) is 0. The zero-order valence-electron chi connectivity index (χ0n) is 12.7. The van der Waals surface area contributed by atoms with E-state index in [0.29, 0.717) is 31.9 Å². The van der Waals surface area contributed by atoms with E-state index in [-0.39, 0.29) is 23.2 Å². The third-order valence-corrected chi connectivity index (χ3v) is 3.25. The number of nitrogens with zero attached hydrogens (tertiary/aromatic N) is 2. The quantitative estimate of drug-likeness (QED) is 0.505. The topological polar surface area (TPSA) is 102 Å². The van der Waals surface area contributed by atoms with Crippen molar-refractivity contribution in [2.45, 2.75) is 6.92 Å². The largest absolute Gasteiger partial charge is 0.378 e. The van der Waals surface area contributed by atoms with Gasteiger partial charge in [0.1, 0.15) is 5.70 Å². The summed E-state index contributed by atoms with van der Waals surface area (Å²) in [5.74, 6) is -0.665. The van der Waals surface area contributed by atoms with Gasteiger partial charge in [0.05, 0.1) is 18.1 Å². The standard InChI is InChI=1S/C15H17N3O5/c1-11(19)16-14(15(20)17-6-8-23-9-7-17)10-12-2-4-13(5-3-12)18(21)22/h2-5,10H,6-9H2,1H3,(H,16,19)/b14-10+. The first-order valence-electron chi connectivity index (χ1n) is 7.08. The minimum atomic E-state index is -0.499. The second kappa shape index (κ2) is 7.50. The lowest BCUT2D eigenvalue weighted by Gasteiger charge is -2.27. The SMILES string of the molecule is CC(=O)N/C(=C/c1ccc([N+](=O)[O-])cc1)C(=O)N1CCOCC1. The Hall–Kier alpha value is -2.74. The maximum absolute atomic E-state index is 12.5. The molecule has 23 heavy (non-hydrogen) atoms. The summed E-state index contributed by atoms with van der Waals surface area (Å²) in [6.45, 7) is 3.13. The van der Waals surface area contributed by atoms with Gasteiger partial charge in [0.25, 0.3) is 11.6 Å². The molecule has 1 heterocycles. The second-order valence-electron chi connectivity index (χ2n) is 4.99. The average Bonchev–Trinajstić information content (AvgIpc) is 2.54. The normalized spacial score (nSPS) is 15.2. The van der Waals surface area contributed by atoms with Crippen molar-refractivity contribution >= 4 is 23.6 Å². The van der Waals surface area contributed by atoms with Gasteiger partial charge in [-0.05, 0) is 23.8 Å². The lowest BCUT2D eigenvalue weighted by Crippen LogP contribution is -2.44. The first kappa shape index (κ1) is 16.6. The van der Waals surface area contributed by atoms with Crippen LogP contribution in [-0.2, 0) is 14.3 Å². The first-order valence-corrected chi connectivity index (χ1v) is 7.08. The number of hydrogen-bond donors (Lipinski definition) is 1. The van der Waals surface area contributed by atoms with E-state index in [2.05, 4.69) is 5.32 Å². The van der Waals surface area contributed by atoms with Gasteiger partial charge >= 0.3 is 0 Å². The second-order valence-corrected chi connectivity index (χ2v) is 4.99. The van der Waals surface area contributed by atoms with Gasteiger partial charge in [0.2, 0.25) is 5.91 Å². The maximum Gasteiger partial charge on any atom is 0.270 e. The Morgan fingerprint density at radius 3 is 2.39 bits per heavy atom. The number of benzene rings is 1. The van der Waals surface area contributed by atoms with Crippen molar-refractivity contribution in [3.8, 4) is 0 Å². The zero-order chi connectivity index (χ0) is 16.8. The smallest absolute Gasteiger partial charge is 0.270 e. The molecule has 1 aromatic carbocycles. The average molecular weight is 319 g/mol. The Morgan fingerprint density at radius 1 is 1.26 bits per heavy atom. The molecule has 0 spiro atoms. The molecule has 0 bridgehead atoms. The van der Waals surface area contributed by atoms with Crippen molar-refractivity contribution < 1.29 is 19.2 Å². The number of carbonyl (C=O) groups excluding carboxylic acids is 2. The van der Waals surface area contributed by atoms with Crippen molar-refractivity contribution in [2.75, 3.05) is 26.3 Å². The molecule has 1 N–H and O–H groups in total. The van der Waals surface area contributed by atoms with E-state index >= 15 is 0 Å². The van der Waals surface area contributed by atoms with E-state index in [4.69, 9.17) is 4.74 Å². The van der Waals surface area contributed by atoms with Gasteiger partial charge < -0.3 is 15.0 Å². The molecular weight excluding hydrogens is 302 g/mol. The minimum absolute atomic E-state index is 0.0391. The lowest BCUT2D eigenvalue weighted by atomic mass is 10.1. The molecule has 2 rings (SSSR count). The molecule has 2 amide bonds. The van der Waals surface area contributed by atoms with E-state index in [0.717, 1.165) is 0 Å². The van der Waals surface area contributed by atoms with Crippen LogP contribution in [0.25, 0.3) is 6.08 Å². The monoisotopic (exact) mass is 319 g/mol. The molecule has 8 nitrogen and oxygen atoms in total. The molecule has 8 heteroatoms. The fraction of sp³-hybridized carbons (Fsp3) is 0.333. The van der Waals surface area contributed by atoms with Gasteiger partial charge in [0, 0.05) is 32.1 Å². The highest BCUT2D eigenvalue weighted by Crippen LogP contribution is 2.15. The Kier molecular flexibility index (Phi) is 5.42. The number of ether oxygens (including phenoxy) is 1. The number of amides is 2. The van der Waals surface area contributed by atoms with E-state index in [9.17, 15) is 19.7 Å². The van der Waals surface area contributed by atoms with Crippen LogP contribution in [0.1, 0.15) is 12.5 Å². The van der Waals surface area contributed by atoms with Crippen LogP contribution in [0.2, 0.25) is 0 Å². The summed E-state index contributed by atoms with van der Waals surface area (Å²) >= 11 is 0. The lowest BCUT2D eigenvalue weighted by molar-refractivity contribution is -0.384. The summed E-state index contributed by atoms with van der Waals surface area (Å²) in [5.41, 5.74) is 0.678. The van der Waals surface area contributed by atoms with E-state index in [1.165, 1.54) is 37.3 Å². The van der Waals surface area contributed by atoms with Gasteiger partial charge in [-0.3, -0.25) is 19.7 Å². The molecule has 122 valence electrons. The van der Waals surface area contributed by atoms with Gasteiger partial charge in [-0.25, -0.2) is 0 Å². The fourth-order valence-electron chi connectivity index (χ4n) is 2.14. The minimum Gasteiger partial charge on any atom is -0.378 e. The van der Waals surface area contributed by atoms with Gasteiger partial charge in [-0.15, -0.1) is 0 Å². The summed E-state index contributed by atoms with van der Waals surface area (Å²) in [6, 6.07) is 5.73. The van der Waals surface area contributed by atoms with Crippen LogP contribution in [0, 0.1) is 10.1 Å². The van der Waals surface area contributed by atoms with Crippen LogP contribution in [0.3, 0.4) is 0 Å². The molecule has 0 aliphatic carbocycles. The number of hydrogen-bond acceptors (Lipinski definition) is 5. The third kappa shape index (κ3) is 4.62. The highest BCUT2D eigenvalue weighted by atomic mass is 16.6. The molecule has 0 radical (unpaired) electrons. The Labute approximate surface area is 132 Å². The molecule has 1 aliphatic rings. The summed E-state index contributed by atoms with van der Waals surface area (Å²) < 4.78 is 5.20. The van der Waals surface area contributed by atoms with Crippen LogP contribution >= 0.6 is 0 Å². The van der Waals surface area contributed by atoms with E-state index < -0.39 is 4.92 Å². The van der Waals surface area contributed by atoms with Gasteiger partial charge in [-0.2, -0.15) is 0 Å². The van der Waals surface area contributed by atoms with E-state index in [1.54, 1.807) is 4.90 Å². The molecule has 0 aromatic heterocycles. The van der Waals surface area contributed by atoms with Crippen molar-refractivity contribution in [3.05, 3.63) is 45.6 Å². The predicted octanol–water partition coefficient (Wildman–Crippen LogP) is 0.931. The van der Waals surface area contributed by atoms with Gasteiger partial charge in [0.15, 0.2) is 0 Å². The number of morpholine rings is 1. The van der Waals surface area contributed by atoms with Crippen molar-refractivity contribution in [2.24, 2.45) is 0 Å². The van der Waals surface area contributed by atoms with Crippen LogP contribution in [0.15, 0.2) is 30.0 Å². The molecular formula is C15H17N3O5. The summed E-state index contributed by atoms with van der Waals surface area (Å²) in [6.07, 6.45) is 1.50. The molecule has 1 fully saturated rings. The van der Waals surface area contributed by atoms with Crippen molar-refractivity contribution in [1.29, 1.82) is 0 Å². The zero-order valence-corrected chi connectivity index (χ0v) is 12.7. The van der Waals surface area contributed by atoms with Crippen molar-refractivity contribution in [3.63, 3.8) is 0 Å². The molecule has 1 aromatic rings. The Balaban J connectivity index is 2.23. The third-order valence-electron chi connectivity index (χ3n) is 3.25. The molecule has 1 saturated heterocycles. The highest BCUT2D eigenvalue weighted by Gasteiger charge is 2.21. The number of nitro benzene ring substituents is 1. The van der Waals surface area contributed by atoms with Crippen LogP contribution in [0.5, 0.6) is 0 Å². The predicted molar refractivity (Wildman–Crippen MR) is 82.3 cm³/mol. The number of nitro groups is 1. The highest BCUT2D eigenvalue weighted by molar-refractivity contribution is 6.01. The number of nitrogens with one attached hydrogen (secondary N) is 1. The Bertz CT molecular complexity index is 633. The number of non-ortho nitro benzene ring substituents is 1. The fourth-order valence-corrected chi connectivity index (χ4v) is 2.14. The van der Waals surface area contributed by atoms with Gasteiger partial charge in [-0.1, -0.05) is 0 Å². The maximum atomic E-state index is 12.5. The Morgan fingerprint density at radius 2 is 1.87 bits per heavy atom. The summed E-state index contributed by atoms with van der Waals surface area (Å²) in [5, 5.41) is 13.2. The van der Waals surface area contributed by atoms with Crippen LogP contribution < -0.4 is 5.32 Å². The molecule has 0 saturated carbocycles. The number of rotatable bonds is 4. The van der Waals surface area contributed by atoms with Crippen LogP contribution in [0.4, 0.5) is 5.69 Å². The summed E-state index contributed by atoms with van der Waals surface area (Å²) in [4.78, 5) is 35.6. The van der Waals surface area contributed by atoms with Crippen molar-refractivity contribution in [1.82, 2.24) is 10.2 Å².